The SMILES string of the molecule is FC(F)(c1ccccc1P(c1ccccc1)c1ccccc1)c1ccccc1P(c1ccccc1)C1C=CC=CC1. The minimum absolute atomic E-state index is 0.0772. The van der Waals surface area contributed by atoms with Crippen molar-refractivity contribution in [3.05, 3.63) is 175 Å². The van der Waals surface area contributed by atoms with Crippen LogP contribution < -0.4 is 26.5 Å². The van der Waals surface area contributed by atoms with Crippen LogP contribution in [0.15, 0.2) is 164 Å². The predicted molar refractivity (Wildman–Crippen MR) is 174 cm³/mol. The van der Waals surface area contributed by atoms with Crippen molar-refractivity contribution in [2.75, 3.05) is 0 Å². The van der Waals surface area contributed by atoms with Crippen LogP contribution in [0.2, 0.25) is 0 Å². The number of hydrogen-bond donors (Lipinski definition) is 0. The van der Waals surface area contributed by atoms with Crippen LogP contribution >= 0.6 is 15.8 Å². The van der Waals surface area contributed by atoms with Crippen LogP contribution in [0, 0.1) is 0 Å². The van der Waals surface area contributed by atoms with E-state index in [2.05, 4.69) is 54.6 Å². The first kappa shape index (κ1) is 27.5. The predicted octanol–water partition coefficient (Wildman–Crippen LogP) is 7.90. The van der Waals surface area contributed by atoms with Crippen LogP contribution in [0.5, 0.6) is 0 Å². The Morgan fingerprint density at radius 3 is 1.51 bits per heavy atom. The molecule has 0 spiro atoms. The third-order valence-electron chi connectivity index (χ3n) is 7.34. The molecule has 0 N–H and O–H groups in total. The standard InChI is InChI=1S/C37H30F2P2/c38-37(39,33-25-13-15-27-35(33)40(29-17-5-1-6-18-29)30-19-7-2-8-20-30)34-26-14-16-28-36(34)41(31-21-9-3-10-22-31)32-23-11-4-12-24-32/h1-23,25-28,32H,24H2. The maximum Gasteiger partial charge on any atom is 0.299 e. The van der Waals surface area contributed by atoms with Gasteiger partial charge in [-0.1, -0.05) is 164 Å². The molecule has 0 nitrogen and oxygen atoms in total. The Bertz CT molecular complexity index is 1610. The van der Waals surface area contributed by atoms with Gasteiger partial charge in [-0.05, 0) is 48.8 Å². The second-order valence-corrected chi connectivity index (χ2v) is 14.5. The van der Waals surface area contributed by atoms with Gasteiger partial charge in [-0.25, -0.2) is 0 Å². The van der Waals surface area contributed by atoms with E-state index in [4.69, 9.17) is 0 Å². The van der Waals surface area contributed by atoms with Gasteiger partial charge < -0.3 is 0 Å². The molecule has 0 aliphatic heterocycles. The Morgan fingerprint density at radius 1 is 0.512 bits per heavy atom. The van der Waals surface area contributed by atoms with Crippen LogP contribution in [0.1, 0.15) is 17.5 Å². The fourth-order valence-electron chi connectivity index (χ4n) is 5.47. The minimum Gasteiger partial charge on any atom is -0.196 e. The van der Waals surface area contributed by atoms with Crippen molar-refractivity contribution in [2.24, 2.45) is 0 Å². The summed E-state index contributed by atoms with van der Waals surface area (Å²) < 4.78 is 34.5. The molecule has 0 bridgehead atoms. The van der Waals surface area contributed by atoms with Gasteiger partial charge >= 0.3 is 0 Å². The highest BCUT2D eigenvalue weighted by Crippen LogP contribution is 2.48. The first-order valence-electron chi connectivity index (χ1n) is 13.8. The van der Waals surface area contributed by atoms with Crippen molar-refractivity contribution in [2.45, 2.75) is 18.0 Å². The van der Waals surface area contributed by atoms with Crippen LogP contribution in [0.4, 0.5) is 8.78 Å². The van der Waals surface area contributed by atoms with Crippen LogP contribution in [-0.4, -0.2) is 5.66 Å². The summed E-state index contributed by atoms with van der Waals surface area (Å²) in [6.07, 6.45) is 9.26. The number of halogens is 2. The Morgan fingerprint density at radius 2 is 0.976 bits per heavy atom. The number of hydrogen-bond acceptors (Lipinski definition) is 0. The maximum atomic E-state index is 17.2. The normalized spacial score (nSPS) is 15.6. The Balaban J connectivity index is 1.53. The summed E-state index contributed by atoms with van der Waals surface area (Å²) in [5.74, 6) is -3.19. The summed E-state index contributed by atoms with van der Waals surface area (Å²) in [6, 6.07) is 44.7. The fourth-order valence-corrected chi connectivity index (χ4v) is 10.8. The summed E-state index contributed by atoms with van der Waals surface area (Å²) in [5.41, 5.74) is 0.324. The first-order chi connectivity index (χ1) is 20.1. The average Bonchev–Trinajstić information content (AvgIpc) is 3.04. The quantitative estimate of drug-likeness (QED) is 0.165. The van der Waals surface area contributed by atoms with Crippen molar-refractivity contribution in [3.8, 4) is 0 Å². The largest absolute Gasteiger partial charge is 0.299 e. The molecule has 202 valence electrons. The smallest absolute Gasteiger partial charge is 0.196 e. The van der Waals surface area contributed by atoms with E-state index in [0.29, 0.717) is 5.30 Å². The summed E-state index contributed by atoms with van der Waals surface area (Å²) in [7, 11) is -2.27. The van der Waals surface area contributed by atoms with Gasteiger partial charge in [-0.3, -0.25) is 0 Å². The van der Waals surface area contributed by atoms with Gasteiger partial charge in [0.15, 0.2) is 0 Å². The summed E-state index contributed by atoms with van der Waals surface area (Å²) >= 11 is 0. The molecule has 1 aliphatic rings. The number of allylic oxidation sites excluding steroid dienone is 4. The molecule has 1 aliphatic carbocycles. The molecule has 0 saturated heterocycles. The lowest BCUT2D eigenvalue weighted by atomic mass is 10.0. The lowest BCUT2D eigenvalue weighted by Gasteiger charge is -2.32. The molecule has 5 aromatic carbocycles. The lowest BCUT2D eigenvalue weighted by Crippen LogP contribution is -2.33. The molecule has 5 aromatic rings. The monoisotopic (exact) mass is 574 g/mol. The van der Waals surface area contributed by atoms with E-state index < -0.39 is 21.8 Å². The first-order valence-corrected chi connectivity index (χ1v) is 16.5. The molecular weight excluding hydrogens is 544 g/mol. The Hall–Kier alpha value is -3.70. The topological polar surface area (TPSA) is 0 Å². The second kappa shape index (κ2) is 12.4. The van der Waals surface area contributed by atoms with Crippen LogP contribution in [-0.2, 0) is 5.92 Å². The lowest BCUT2D eigenvalue weighted by molar-refractivity contribution is 0.0451. The molecule has 0 radical (unpaired) electrons. The van der Waals surface area contributed by atoms with Crippen molar-refractivity contribution in [1.82, 2.24) is 0 Å². The Kier molecular flexibility index (Phi) is 8.33. The van der Waals surface area contributed by atoms with Crippen molar-refractivity contribution >= 4 is 42.4 Å². The van der Waals surface area contributed by atoms with Gasteiger partial charge in [0.05, 0.1) is 0 Å². The molecule has 2 unspecified atom stereocenters. The molecule has 6 rings (SSSR count). The van der Waals surface area contributed by atoms with E-state index in [1.54, 1.807) is 24.3 Å². The fraction of sp³-hybridized carbons (Fsp3) is 0.0811. The van der Waals surface area contributed by atoms with Gasteiger partial charge in [0.1, 0.15) is 0 Å². The third kappa shape index (κ3) is 5.73. The van der Waals surface area contributed by atoms with E-state index in [0.717, 1.165) is 27.6 Å². The summed E-state index contributed by atoms with van der Waals surface area (Å²) in [5, 5.41) is 4.64. The average molecular weight is 575 g/mol. The summed E-state index contributed by atoms with van der Waals surface area (Å²) in [4.78, 5) is 0. The van der Waals surface area contributed by atoms with Crippen molar-refractivity contribution < 1.29 is 8.78 Å². The second-order valence-electron chi connectivity index (χ2n) is 9.94. The zero-order valence-corrected chi connectivity index (χ0v) is 24.3. The van der Waals surface area contributed by atoms with Crippen molar-refractivity contribution in [3.63, 3.8) is 0 Å². The molecule has 0 fully saturated rings. The molecule has 41 heavy (non-hydrogen) atoms. The van der Waals surface area contributed by atoms with Gasteiger partial charge in [0, 0.05) is 16.8 Å². The molecule has 0 heterocycles. The van der Waals surface area contributed by atoms with E-state index >= 15 is 8.78 Å². The number of rotatable bonds is 8. The van der Waals surface area contributed by atoms with Crippen LogP contribution in [0.3, 0.4) is 0 Å². The molecule has 0 saturated carbocycles. The van der Waals surface area contributed by atoms with E-state index in [9.17, 15) is 0 Å². The molecule has 4 heteroatoms. The van der Waals surface area contributed by atoms with E-state index in [1.165, 1.54) is 0 Å². The zero-order chi connectivity index (χ0) is 28.1. The highest BCUT2D eigenvalue weighted by molar-refractivity contribution is 7.80. The molecule has 2 atom stereocenters. The third-order valence-corrected chi connectivity index (χ3v) is 12.6. The van der Waals surface area contributed by atoms with Gasteiger partial charge in [0.25, 0.3) is 5.92 Å². The molecule has 0 amide bonds. The molecular formula is C37H30F2P2. The molecule has 0 aromatic heterocycles. The van der Waals surface area contributed by atoms with Gasteiger partial charge in [0.2, 0.25) is 0 Å². The Labute approximate surface area is 243 Å². The van der Waals surface area contributed by atoms with Crippen molar-refractivity contribution in [1.29, 1.82) is 0 Å². The highest BCUT2D eigenvalue weighted by Gasteiger charge is 2.41. The summed E-state index contributed by atoms with van der Waals surface area (Å²) in [6.45, 7) is 0. The van der Waals surface area contributed by atoms with E-state index in [1.807, 2.05) is 84.9 Å². The minimum atomic E-state index is -3.19. The van der Waals surface area contributed by atoms with Crippen LogP contribution in [0.25, 0.3) is 0 Å². The van der Waals surface area contributed by atoms with Gasteiger partial charge in [-0.2, -0.15) is 8.78 Å². The highest BCUT2D eigenvalue weighted by atomic mass is 31.1. The maximum absolute atomic E-state index is 17.2. The number of alkyl halides is 2. The number of benzene rings is 5. The van der Waals surface area contributed by atoms with E-state index in [-0.39, 0.29) is 16.8 Å². The van der Waals surface area contributed by atoms with Gasteiger partial charge in [-0.15, -0.1) is 0 Å². The zero-order valence-electron chi connectivity index (χ0n) is 22.5.